The summed E-state index contributed by atoms with van der Waals surface area (Å²) in [5.74, 6) is -2.95. The van der Waals surface area contributed by atoms with Gasteiger partial charge in [-0.05, 0) is 11.6 Å². The van der Waals surface area contributed by atoms with Gasteiger partial charge in [-0.15, -0.1) is 23.1 Å². The maximum Gasteiger partial charge on any atom is 1.00 e. The topological polar surface area (TPSA) is 213 Å². The van der Waals surface area contributed by atoms with Crippen LogP contribution in [0.1, 0.15) is 5.69 Å². The van der Waals surface area contributed by atoms with Crippen LogP contribution in [0, 0.1) is 0 Å². The second-order valence-corrected chi connectivity index (χ2v) is 8.07. The van der Waals surface area contributed by atoms with E-state index in [0.29, 0.717) is 0 Å². The summed E-state index contributed by atoms with van der Waals surface area (Å²) in [6.07, 6.45) is 1.77. The van der Waals surface area contributed by atoms with E-state index in [9.17, 15) is 24.3 Å². The first kappa shape index (κ1) is 25.7. The van der Waals surface area contributed by atoms with Gasteiger partial charge in [0.2, 0.25) is 0 Å². The summed E-state index contributed by atoms with van der Waals surface area (Å²) in [6.45, 7) is -0.176. The first-order chi connectivity index (χ1) is 14.7. The Labute approximate surface area is 210 Å². The predicted octanol–water partition coefficient (Wildman–Crippen LogP) is -5.04. The van der Waals surface area contributed by atoms with E-state index in [-0.39, 0.29) is 64.0 Å². The fourth-order valence-electron chi connectivity index (χ4n) is 2.90. The number of fused-ring (bicyclic) bond motifs is 1. The van der Waals surface area contributed by atoms with Crippen LogP contribution < -0.4 is 51.4 Å². The van der Waals surface area contributed by atoms with Gasteiger partial charge >= 0.3 is 35.7 Å². The molecule has 2 atom stereocenters. The summed E-state index contributed by atoms with van der Waals surface area (Å²) >= 11 is 2.23. The number of allylic oxidation sites excluding steroid dienone is 1. The monoisotopic (exact) mass is 490 g/mol. The largest absolute Gasteiger partial charge is 1.00 e. The number of oxime groups is 1. The molecule has 1 saturated heterocycles. The molecular weight excluding hydrogens is 475 g/mol. The molecular formula is C16H15N6NaO7S2. The number of rotatable bonds is 7. The maximum atomic E-state index is 12.6. The molecule has 164 valence electrons. The number of carbonyl (C=O) groups excluding carboxylic acids is 4. The first-order valence-corrected chi connectivity index (χ1v) is 10.4. The van der Waals surface area contributed by atoms with Crippen LogP contribution in [-0.2, 0) is 19.1 Å². The van der Waals surface area contributed by atoms with Crippen LogP contribution in [0.4, 0.5) is 9.93 Å². The zero-order chi connectivity index (χ0) is 22.7. The van der Waals surface area contributed by atoms with Crippen molar-refractivity contribution in [3.05, 3.63) is 34.5 Å². The minimum absolute atomic E-state index is 0. The van der Waals surface area contributed by atoms with Crippen molar-refractivity contribution in [1.82, 2.24) is 15.2 Å². The van der Waals surface area contributed by atoms with E-state index >= 15 is 0 Å². The van der Waals surface area contributed by atoms with Gasteiger partial charge in [0.1, 0.15) is 23.7 Å². The fourth-order valence-corrected chi connectivity index (χ4v) is 4.77. The number of thioether (sulfide) groups is 1. The molecule has 2 unspecified atom stereocenters. The van der Waals surface area contributed by atoms with Crippen molar-refractivity contribution >= 4 is 57.8 Å². The molecule has 0 spiro atoms. The predicted molar refractivity (Wildman–Crippen MR) is 107 cm³/mol. The normalized spacial score (nSPS) is 20.3. The Morgan fingerprint density at radius 3 is 2.75 bits per heavy atom. The molecule has 3 amide bonds. The Morgan fingerprint density at radius 2 is 2.19 bits per heavy atom. The molecule has 1 aromatic rings. The Morgan fingerprint density at radius 1 is 1.47 bits per heavy atom. The average Bonchev–Trinajstić information content (AvgIpc) is 3.14. The number of nitrogens with zero attached hydrogens (tertiary/aromatic N) is 3. The number of carbonyl (C=O) groups is 4. The molecule has 1 aromatic heterocycles. The number of β-lactam (4-membered cyclic amide) rings is 1. The van der Waals surface area contributed by atoms with Gasteiger partial charge in [-0.3, -0.25) is 14.5 Å². The van der Waals surface area contributed by atoms with Crippen LogP contribution in [0.15, 0.2) is 34.0 Å². The van der Waals surface area contributed by atoms with Gasteiger partial charge in [0, 0.05) is 11.1 Å². The van der Waals surface area contributed by atoms with Crippen LogP contribution in [0.3, 0.4) is 0 Å². The number of ether oxygens (including phenoxy) is 1. The van der Waals surface area contributed by atoms with E-state index in [1.807, 2.05) is 0 Å². The van der Waals surface area contributed by atoms with Crippen molar-refractivity contribution in [2.75, 3.05) is 18.1 Å². The van der Waals surface area contributed by atoms with Gasteiger partial charge in [-0.1, -0.05) is 11.2 Å². The third kappa shape index (κ3) is 5.24. The molecule has 3 heterocycles. The number of nitrogens with one attached hydrogen (secondary N) is 1. The second kappa shape index (κ2) is 10.8. The number of thiazole rings is 1. The van der Waals surface area contributed by atoms with Crippen LogP contribution >= 0.6 is 23.1 Å². The molecule has 0 aliphatic carbocycles. The van der Waals surface area contributed by atoms with Crippen molar-refractivity contribution in [1.29, 1.82) is 0 Å². The SMILES string of the molecule is NC(=O)OC/C=C\C1=C(C(=O)[O-])N2C(=O)C(NC(=O)/C(=N\O)c3csc(N)n3)C2SC1.[Na+]. The van der Waals surface area contributed by atoms with Crippen molar-refractivity contribution in [3.63, 3.8) is 0 Å². The molecule has 6 N–H and O–H groups in total. The Balaban J connectivity index is 0.00000363. The van der Waals surface area contributed by atoms with E-state index in [1.54, 1.807) is 0 Å². The molecule has 16 heteroatoms. The molecule has 1 fully saturated rings. The molecule has 0 radical (unpaired) electrons. The quantitative estimate of drug-likeness (QED) is 0.0938. The first-order valence-electron chi connectivity index (χ1n) is 8.46. The molecule has 0 bridgehead atoms. The summed E-state index contributed by atoms with van der Waals surface area (Å²) in [6, 6.07) is -1.05. The number of hydrogen-bond donors (Lipinski definition) is 4. The van der Waals surface area contributed by atoms with Gasteiger partial charge in [-0.25, -0.2) is 9.78 Å². The second-order valence-electron chi connectivity index (χ2n) is 6.07. The van der Waals surface area contributed by atoms with Gasteiger partial charge in [0.25, 0.3) is 11.8 Å². The van der Waals surface area contributed by atoms with Crippen molar-refractivity contribution < 1.29 is 63.8 Å². The summed E-state index contributed by atoms with van der Waals surface area (Å²) in [7, 11) is 0. The summed E-state index contributed by atoms with van der Waals surface area (Å²) in [4.78, 5) is 52.1. The van der Waals surface area contributed by atoms with Gasteiger partial charge in [-0.2, -0.15) is 0 Å². The van der Waals surface area contributed by atoms with Gasteiger partial charge < -0.3 is 36.6 Å². The number of carboxylic acid groups (broad SMARTS) is 1. The number of primary amides is 1. The average molecular weight is 490 g/mol. The number of amides is 3. The summed E-state index contributed by atoms with van der Waals surface area (Å²) < 4.78 is 4.53. The Bertz CT molecular complexity index is 1040. The number of aliphatic carboxylic acids is 1. The zero-order valence-corrected chi connectivity index (χ0v) is 20.1. The smallest absolute Gasteiger partial charge is 0.543 e. The van der Waals surface area contributed by atoms with Crippen LogP contribution in [0.2, 0.25) is 0 Å². The number of aromatic nitrogens is 1. The number of carboxylic acids is 1. The van der Waals surface area contributed by atoms with E-state index < -0.39 is 41.0 Å². The van der Waals surface area contributed by atoms with Crippen molar-refractivity contribution in [2.24, 2.45) is 10.9 Å². The minimum Gasteiger partial charge on any atom is -0.543 e. The number of hydrogen-bond acceptors (Lipinski definition) is 12. The molecule has 0 aromatic carbocycles. The number of anilines is 1. The molecule has 2 aliphatic rings. The van der Waals surface area contributed by atoms with Crippen LogP contribution in [0.5, 0.6) is 0 Å². The van der Waals surface area contributed by atoms with Gasteiger partial charge in [0.15, 0.2) is 10.8 Å². The third-order valence-electron chi connectivity index (χ3n) is 4.20. The molecule has 13 nitrogen and oxygen atoms in total. The minimum atomic E-state index is -1.57. The molecule has 3 rings (SSSR count). The summed E-state index contributed by atoms with van der Waals surface area (Å²) in [5.41, 5.74) is 9.86. The third-order valence-corrected chi connectivity index (χ3v) is 6.17. The zero-order valence-electron chi connectivity index (χ0n) is 16.5. The van der Waals surface area contributed by atoms with E-state index in [2.05, 4.69) is 20.2 Å². The number of nitrogen functional groups attached to an aromatic ring is 1. The fraction of sp³-hybridized carbons (Fsp3) is 0.250. The maximum absolute atomic E-state index is 12.6. The number of nitrogens with two attached hydrogens (primary N) is 2. The van der Waals surface area contributed by atoms with Crippen LogP contribution in [-0.4, -0.2) is 68.5 Å². The Hall–Kier alpha value is -2.59. The van der Waals surface area contributed by atoms with E-state index in [1.165, 1.54) is 29.3 Å². The molecule has 0 saturated carbocycles. The van der Waals surface area contributed by atoms with Gasteiger partial charge in [0.05, 0.1) is 11.7 Å². The van der Waals surface area contributed by atoms with Crippen LogP contribution in [0.25, 0.3) is 0 Å². The standard InChI is InChI=1S/C16H16N6O7S2.Na/c17-15-19-7(5-31-15)8(21-28)11(23)20-9-12(24)22-10(14(25)26)6(4-30-13(9)22)2-1-3-29-16(18)27;/h1-2,5,9,13,28H,3-4H2,(H2,17,19)(H2,18,27)(H,20,23)(H,25,26);/q;+1/p-1/b2-1-,21-8-;. The van der Waals surface area contributed by atoms with E-state index in [4.69, 9.17) is 16.7 Å². The van der Waals surface area contributed by atoms with Crippen molar-refractivity contribution in [2.45, 2.75) is 11.4 Å². The summed E-state index contributed by atoms with van der Waals surface area (Å²) in [5, 5.41) is 27.0. The van der Waals surface area contributed by atoms with E-state index in [0.717, 1.165) is 16.2 Å². The molecule has 32 heavy (non-hydrogen) atoms. The Kier molecular flexibility index (Phi) is 8.68. The molecule has 2 aliphatic heterocycles. The van der Waals surface area contributed by atoms with Crippen molar-refractivity contribution in [3.8, 4) is 0 Å².